The Bertz CT molecular complexity index is 702. The highest BCUT2D eigenvalue weighted by molar-refractivity contribution is 5.83. The summed E-state index contributed by atoms with van der Waals surface area (Å²) >= 11 is 0. The molecule has 3 aromatic rings. The van der Waals surface area contributed by atoms with Crippen LogP contribution in [0.2, 0.25) is 0 Å². The molecule has 0 atom stereocenters. The average molecular weight is 250 g/mol. The number of hydrogen-bond acceptors (Lipinski definition) is 2. The van der Waals surface area contributed by atoms with Gasteiger partial charge in [0.1, 0.15) is 5.75 Å². The van der Waals surface area contributed by atoms with E-state index in [0.717, 1.165) is 27.9 Å². The number of nitrogens with zero attached hydrogens (tertiary/aromatic N) is 1. The summed E-state index contributed by atoms with van der Waals surface area (Å²) in [5.41, 5.74) is 4.78. The van der Waals surface area contributed by atoms with Gasteiger partial charge in [-0.15, -0.1) is 0 Å². The predicted octanol–water partition coefficient (Wildman–Crippen LogP) is 3.76. The summed E-state index contributed by atoms with van der Waals surface area (Å²) in [4.78, 5) is 0. The zero-order valence-electron chi connectivity index (χ0n) is 10.6. The third-order valence-electron chi connectivity index (χ3n) is 3.15. The molecule has 0 fully saturated rings. The summed E-state index contributed by atoms with van der Waals surface area (Å²) in [6.45, 7) is 2.00. The molecule has 3 rings (SSSR count). The van der Waals surface area contributed by atoms with Crippen LogP contribution in [0.25, 0.3) is 22.4 Å². The van der Waals surface area contributed by atoms with Crippen LogP contribution in [0.3, 0.4) is 0 Å². The first-order valence-corrected chi connectivity index (χ1v) is 6.14. The number of H-pyrrole nitrogens is 1. The molecule has 0 aliphatic heterocycles. The van der Waals surface area contributed by atoms with Crippen LogP contribution in [0, 0.1) is 6.92 Å². The average Bonchev–Trinajstić information content (AvgIpc) is 2.91. The van der Waals surface area contributed by atoms with Gasteiger partial charge in [0.2, 0.25) is 0 Å². The highest BCUT2D eigenvalue weighted by Gasteiger charge is 2.13. The summed E-state index contributed by atoms with van der Waals surface area (Å²) in [6.07, 6.45) is 1.78. The molecule has 0 aliphatic rings. The van der Waals surface area contributed by atoms with Gasteiger partial charge in [0, 0.05) is 11.1 Å². The second-order valence-corrected chi connectivity index (χ2v) is 4.55. The molecule has 0 unspecified atom stereocenters. The van der Waals surface area contributed by atoms with Gasteiger partial charge >= 0.3 is 0 Å². The molecular weight excluding hydrogens is 236 g/mol. The van der Waals surface area contributed by atoms with Crippen LogP contribution in [-0.4, -0.2) is 15.3 Å². The summed E-state index contributed by atoms with van der Waals surface area (Å²) in [6, 6.07) is 15.6. The fraction of sp³-hybridized carbons (Fsp3) is 0.0625. The van der Waals surface area contributed by atoms with E-state index in [9.17, 15) is 5.11 Å². The summed E-state index contributed by atoms with van der Waals surface area (Å²) in [5, 5.41) is 17.1. The first-order chi connectivity index (χ1) is 9.25. The Morgan fingerprint density at radius 1 is 1.00 bits per heavy atom. The molecule has 2 aromatic carbocycles. The normalized spacial score (nSPS) is 10.6. The second-order valence-electron chi connectivity index (χ2n) is 4.55. The number of benzene rings is 2. The lowest BCUT2D eigenvalue weighted by molar-refractivity contribution is 0.477. The smallest absolute Gasteiger partial charge is 0.124 e. The van der Waals surface area contributed by atoms with E-state index in [-0.39, 0.29) is 5.75 Å². The van der Waals surface area contributed by atoms with Gasteiger partial charge in [-0.2, -0.15) is 5.10 Å². The van der Waals surface area contributed by atoms with Gasteiger partial charge in [-0.05, 0) is 24.6 Å². The quantitative estimate of drug-likeness (QED) is 0.727. The molecule has 0 radical (unpaired) electrons. The molecular formula is C16H14N2O. The van der Waals surface area contributed by atoms with Gasteiger partial charge in [-0.3, -0.25) is 5.10 Å². The van der Waals surface area contributed by atoms with E-state index in [1.165, 1.54) is 0 Å². The maximum atomic E-state index is 10.0. The predicted molar refractivity (Wildman–Crippen MR) is 75.9 cm³/mol. The molecule has 3 nitrogen and oxygen atoms in total. The zero-order chi connectivity index (χ0) is 13.2. The minimum atomic E-state index is 0.257. The second kappa shape index (κ2) is 4.61. The number of aromatic amines is 1. The van der Waals surface area contributed by atoms with E-state index < -0.39 is 0 Å². The van der Waals surface area contributed by atoms with Crippen LogP contribution in [0.15, 0.2) is 54.7 Å². The first kappa shape index (κ1) is 11.5. The van der Waals surface area contributed by atoms with Crippen molar-refractivity contribution in [2.45, 2.75) is 6.92 Å². The largest absolute Gasteiger partial charge is 0.507 e. The molecule has 0 spiro atoms. The first-order valence-electron chi connectivity index (χ1n) is 6.14. The zero-order valence-corrected chi connectivity index (χ0v) is 10.6. The van der Waals surface area contributed by atoms with Gasteiger partial charge in [0.15, 0.2) is 0 Å². The molecule has 1 heterocycles. The Kier molecular flexibility index (Phi) is 2.80. The Morgan fingerprint density at radius 2 is 1.79 bits per heavy atom. The van der Waals surface area contributed by atoms with Crippen LogP contribution >= 0.6 is 0 Å². The van der Waals surface area contributed by atoms with Gasteiger partial charge in [-0.25, -0.2) is 0 Å². The molecule has 1 aromatic heterocycles. The maximum Gasteiger partial charge on any atom is 0.124 e. The van der Waals surface area contributed by atoms with E-state index >= 15 is 0 Å². The van der Waals surface area contributed by atoms with Gasteiger partial charge in [-0.1, -0.05) is 42.0 Å². The van der Waals surface area contributed by atoms with Crippen LogP contribution in [-0.2, 0) is 0 Å². The lowest BCUT2D eigenvalue weighted by Gasteiger charge is -2.07. The highest BCUT2D eigenvalue weighted by atomic mass is 16.3. The summed E-state index contributed by atoms with van der Waals surface area (Å²) in [7, 11) is 0. The van der Waals surface area contributed by atoms with Crippen LogP contribution in [0.1, 0.15) is 5.56 Å². The van der Waals surface area contributed by atoms with Crippen LogP contribution in [0.4, 0.5) is 0 Å². The molecule has 19 heavy (non-hydrogen) atoms. The van der Waals surface area contributed by atoms with E-state index in [1.54, 1.807) is 12.3 Å². The van der Waals surface area contributed by atoms with Crippen molar-refractivity contribution < 1.29 is 5.11 Å². The Hall–Kier alpha value is -2.55. The molecule has 3 heteroatoms. The number of nitrogens with one attached hydrogen (secondary N) is 1. The fourth-order valence-electron chi connectivity index (χ4n) is 2.18. The van der Waals surface area contributed by atoms with Crippen molar-refractivity contribution >= 4 is 0 Å². The Morgan fingerprint density at radius 3 is 2.58 bits per heavy atom. The number of rotatable bonds is 2. The van der Waals surface area contributed by atoms with Crippen molar-refractivity contribution in [2.24, 2.45) is 0 Å². The number of phenolic OH excluding ortho intramolecular Hbond substituents is 1. The highest BCUT2D eigenvalue weighted by Crippen LogP contribution is 2.35. The lowest BCUT2D eigenvalue weighted by atomic mass is 10.00. The van der Waals surface area contributed by atoms with Crippen molar-refractivity contribution in [1.29, 1.82) is 0 Å². The van der Waals surface area contributed by atoms with Crippen molar-refractivity contribution in [1.82, 2.24) is 10.2 Å². The van der Waals surface area contributed by atoms with Gasteiger partial charge in [0.05, 0.1) is 11.9 Å². The van der Waals surface area contributed by atoms with E-state index in [2.05, 4.69) is 10.2 Å². The molecule has 0 amide bonds. The van der Waals surface area contributed by atoms with Crippen molar-refractivity contribution in [3.63, 3.8) is 0 Å². The van der Waals surface area contributed by atoms with Crippen molar-refractivity contribution in [2.75, 3.05) is 0 Å². The van der Waals surface area contributed by atoms with Crippen molar-refractivity contribution in [3.8, 4) is 28.1 Å². The van der Waals surface area contributed by atoms with E-state index in [0.29, 0.717) is 0 Å². The standard InChI is InChI=1S/C16H14N2O/c1-11-7-8-15(19)13(9-11)16-14(10-17-18-16)12-5-3-2-4-6-12/h2-10,19H,1H3,(H,17,18). The molecule has 94 valence electrons. The minimum Gasteiger partial charge on any atom is -0.507 e. The summed E-state index contributed by atoms with van der Waals surface area (Å²) in [5.74, 6) is 0.257. The Balaban J connectivity index is 2.18. The monoisotopic (exact) mass is 250 g/mol. The van der Waals surface area contributed by atoms with Gasteiger partial charge in [0.25, 0.3) is 0 Å². The minimum absolute atomic E-state index is 0.257. The third-order valence-corrected chi connectivity index (χ3v) is 3.15. The molecule has 0 aliphatic carbocycles. The lowest BCUT2D eigenvalue weighted by Crippen LogP contribution is -1.85. The molecule has 2 N–H and O–H groups in total. The van der Waals surface area contributed by atoms with Crippen molar-refractivity contribution in [3.05, 3.63) is 60.3 Å². The van der Waals surface area contributed by atoms with Crippen LogP contribution in [0.5, 0.6) is 5.75 Å². The number of phenols is 1. The third kappa shape index (κ3) is 2.10. The number of hydrogen-bond donors (Lipinski definition) is 2. The van der Waals surface area contributed by atoms with Crippen LogP contribution < -0.4 is 0 Å². The van der Waals surface area contributed by atoms with Gasteiger partial charge < -0.3 is 5.11 Å². The maximum absolute atomic E-state index is 10.0. The fourth-order valence-corrected chi connectivity index (χ4v) is 2.18. The summed E-state index contributed by atoms with van der Waals surface area (Å²) < 4.78 is 0. The number of aryl methyl sites for hydroxylation is 1. The van der Waals surface area contributed by atoms with E-state index in [1.807, 2.05) is 49.4 Å². The number of aromatic hydroxyl groups is 1. The number of aromatic nitrogens is 2. The topological polar surface area (TPSA) is 48.9 Å². The molecule has 0 saturated carbocycles. The Labute approximate surface area is 111 Å². The molecule has 0 bridgehead atoms. The molecule has 0 saturated heterocycles. The SMILES string of the molecule is Cc1ccc(O)c(-c2[nH]ncc2-c2ccccc2)c1. The van der Waals surface area contributed by atoms with E-state index in [4.69, 9.17) is 0 Å².